The zero-order valence-electron chi connectivity index (χ0n) is 13.2. The van der Waals surface area contributed by atoms with Crippen molar-refractivity contribution in [3.8, 4) is 0 Å². The van der Waals surface area contributed by atoms with Crippen molar-refractivity contribution in [1.82, 2.24) is 15.1 Å². The molecule has 1 fully saturated rings. The van der Waals surface area contributed by atoms with Crippen LogP contribution in [-0.4, -0.2) is 77.7 Å². The van der Waals surface area contributed by atoms with Crippen LogP contribution < -0.4 is 5.32 Å². The summed E-state index contributed by atoms with van der Waals surface area (Å²) in [5.41, 5.74) is 0. The maximum atomic E-state index is 12.2. The quantitative estimate of drug-likeness (QED) is 0.741. The number of carboxylic acid groups (broad SMARTS) is 1. The molecule has 21 heavy (non-hydrogen) atoms. The number of piperidine rings is 1. The van der Waals surface area contributed by atoms with Crippen LogP contribution in [0.25, 0.3) is 0 Å². The molecule has 0 bridgehead atoms. The first-order valence-electron chi connectivity index (χ1n) is 7.47. The topological polar surface area (TPSA) is 72.9 Å². The molecule has 0 spiro atoms. The van der Waals surface area contributed by atoms with Gasteiger partial charge in [0.1, 0.15) is 6.04 Å². The average Bonchev–Trinajstić information content (AvgIpc) is 2.50. The van der Waals surface area contributed by atoms with E-state index in [0.717, 1.165) is 38.2 Å². The van der Waals surface area contributed by atoms with E-state index in [9.17, 15) is 9.59 Å². The molecule has 0 aromatic heterocycles. The molecule has 1 aliphatic heterocycles. The smallest absolute Gasteiger partial charge is 0.326 e. The van der Waals surface area contributed by atoms with E-state index in [1.54, 1.807) is 23.7 Å². The summed E-state index contributed by atoms with van der Waals surface area (Å²) in [6, 6.07) is -0.885. The lowest BCUT2D eigenvalue weighted by atomic mass is 10.0. The SMILES string of the molecule is CCN1CCC(N(C)C(=O)N[C@H](CCSC)C(=O)O)CC1. The Hall–Kier alpha value is -0.950. The maximum absolute atomic E-state index is 12.2. The molecule has 1 rings (SSSR count). The summed E-state index contributed by atoms with van der Waals surface area (Å²) in [7, 11) is 1.76. The van der Waals surface area contributed by atoms with Crippen LogP contribution >= 0.6 is 11.8 Å². The summed E-state index contributed by atoms with van der Waals surface area (Å²) in [5, 5.41) is 11.8. The molecule has 0 aliphatic carbocycles. The van der Waals surface area contributed by atoms with Gasteiger partial charge in [0.15, 0.2) is 0 Å². The Labute approximate surface area is 131 Å². The molecule has 1 atom stereocenters. The lowest BCUT2D eigenvalue weighted by molar-refractivity contribution is -0.139. The fourth-order valence-corrected chi connectivity index (χ4v) is 3.00. The molecule has 0 aromatic carbocycles. The van der Waals surface area contributed by atoms with Gasteiger partial charge in [0.2, 0.25) is 0 Å². The number of carboxylic acids is 1. The van der Waals surface area contributed by atoms with Crippen LogP contribution in [0.3, 0.4) is 0 Å². The number of hydrogen-bond donors (Lipinski definition) is 2. The van der Waals surface area contributed by atoms with Gasteiger partial charge in [0, 0.05) is 26.2 Å². The van der Waals surface area contributed by atoms with E-state index in [1.807, 2.05) is 6.26 Å². The minimum atomic E-state index is -0.966. The molecule has 1 aliphatic rings. The highest BCUT2D eigenvalue weighted by atomic mass is 32.2. The number of nitrogens with one attached hydrogen (secondary N) is 1. The van der Waals surface area contributed by atoms with Crippen molar-refractivity contribution in [2.24, 2.45) is 0 Å². The Morgan fingerprint density at radius 1 is 1.43 bits per heavy atom. The van der Waals surface area contributed by atoms with E-state index in [-0.39, 0.29) is 12.1 Å². The van der Waals surface area contributed by atoms with Crippen LogP contribution in [0.4, 0.5) is 4.79 Å². The average molecular weight is 317 g/mol. The van der Waals surface area contributed by atoms with Crippen LogP contribution in [-0.2, 0) is 4.79 Å². The van der Waals surface area contributed by atoms with Crippen LogP contribution in [0.1, 0.15) is 26.2 Å². The Kier molecular flexibility index (Phi) is 7.88. The van der Waals surface area contributed by atoms with Gasteiger partial charge in [-0.05, 0) is 37.8 Å². The third-order valence-corrected chi connectivity index (χ3v) is 4.72. The summed E-state index contributed by atoms with van der Waals surface area (Å²) in [6.07, 6.45) is 4.26. The molecule has 1 heterocycles. The van der Waals surface area contributed by atoms with Gasteiger partial charge in [0.05, 0.1) is 0 Å². The monoisotopic (exact) mass is 317 g/mol. The molecule has 122 valence electrons. The summed E-state index contributed by atoms with van der Waals surface area (Å²) >= 11 is 1.58. The van der Waals surface area contributed by atoms with Gasteiger partial charge in [-0.2, -0.15) is 11.8 Å². The second-order valence-electron chi connectivity index (χ2n) is 5.40. The predicted molar refractivity (Wildman–Crippen MR) is 85.9 cm³/mol. The van der Waals surface area contributed by atoms with Crippen molar-refractivity contribution < 1.29 is 14.7 Å². The fourth-order valence-electron chi connectivity index (χ4n) is 2.53. The van der Waals surface area contributed by atoms with Crippen molar-refractivity contribution in [3.63, 3.8) is 0 Å². The second kappa shape index (κ2) is 9.15. The summed E-state index contributed by atoms with van der Waals surface area (Å²) in [6.45, 7) is 5.17. The largest absolute Gasteiger partial charge is 0.480 e. The first-order chi connectivity index (χ1) is 9.99. The van der Waals surface area contributed by atoms with E-state index in [4.69, 9.17) is 5.11 Å². The summed E-state index contributed by atoms with van der Waals surface area (Å²) < 4.78 is 0. The molecule has 6 nitrogen and oxygen atoms in total. The fraction of sp³-hybridized carbons (Fsp3) is 0.857. The number of rotatable bonds is 7. The van der Waals surface area contributed by atoms with E-state index in [1.165, 1.54) is 0 Å². The van der Waals surface area contributed by atoms with Crippen LogP contribution in [0.5, 0.6) is 0 Å². The highest BCUT2D eigenvalue weighted by Crippen LogP contribution is 2.15. The van der Waals surface area contributed by atoms with Crippen LogP contribution in [0.15, 0.2) is 0 Å². The Bertz CT molecular complexity index is 346. The van der Waals surface area contributed by atoms with Crippen LogP contribution in [0, 0.1) is 0 Å². The molecule has 0 radical (unpaired) electrons. The molecular weight excluding hydrogens is 290 g/mol. The molecule has 2 N–H and O–H groups in total. The third-order valence-electron chi connectivity index (χ3n) is 4.08. The summed E-state index contributed by atoms with van der Waals surface area (Å²) in [4.78, 5) is 27.4. The normalized spacial score (nSPS) is 18.2. The molecule has 0 aromatic rings. The number of amides is 2. The van der Waals surface area contributed by atoms with Crippen molar-refractivity contribution in [3.05, 3.63) is 0 Å². The molecule has 0 unspecified atom stereocenters. The number of aliphatic carboxylic acids is 1. The number of thioether (sulfide) groups is 1. The van der Waals surface area contributed by atoms with E-state index >= 15 is 0 Å². The lowest BCUT2D eigenvalue weighted by Gasteiger charge is -2.36. The number of carbonyl (C=O) groups is 2. The standard InChI is InChI=1S/C14H27N3O3S/c1-4-17-8-5-11(6-9-17)16(2)14(20)15-12(13(18)19)7-10-21-3/h11-12H,4-10H2,1-3H3,(H,15,20)(H,18,19)/t12-/m1/s1. The van der Waals surface area contributed by atoms with Crippen molar-refractivity contribution in [2.45, 2.75) is 38.3 Å². The second-order valence-corrected chi connectivity index (χ2v) is 6.38. The number of likely N-dealkylation sites (tertiary alicyclic amines) is 1. The Morgan fingerprint density at radius 2 is 2.05 bits per heavy atom. The van der Waals surface area contributed by atoms with E-state index < -0.39 is 12.0 Å². The van der Waals surface area contributed by atoms with Gasteiger partial charge in [-0.15, -0.1) is 0 Å². The minimum Gasteiger partial charge on any atom is -0.480 e. The van der Waals surface area contributed by atoms with Crippen molar-refractivity contribution >= 4 is 23.8 Å². The first kappa shape index (κ1) is 18.1. The highest BCUT2D eigenvalue weighted by molar-refractivity contribution is 7.98. The summed E-state index contributed by atoms with van der Waals surface area (Å²) in [5.74, 6) is -0.248. The van der Waals surface area contributed by atoms with E-state index in [2.05, 4.69) is 17.1 Å². The predicted octanol–water partition coefficient (Wildman–Crippen LogP) is 1.32. The van der Waals surface area contributed by atoms with Gasteiger partial charge in [0.25, 0.3) is 0 Å². The van der Waals surface area contributed by atoms with Gasteiger partial charge in [-0.25, -0.2) is 9.59 Å². The van der Waals surface area contributed by atoms with Gasteiger partial charge >= 0.3 is 12.0 Å². The van der Waals surface area contributed by atoms with E-state index in [0.29, 0.717) is 6.42 Å². The zero-order chi connectivity index (χ0) is 15.8. The van der Waals surface area contributed by atoms with Crippen molar-refractivity contribution in [1.29, 1.82) is 0 Å². The molecule has 2 amide bonds. The molecule has 1 saturated heterocycles. The number of hydrogen-bond acceptors (Lipinski definition) is 4. The Balaban J connectivity index is 2.47. The Morgan fingerprint density at radius 3 is 2.52 bits per heavy atom. The number of nitrogens with zero attached hydrogens (tertiary/aromatic N) is 2. The molecule has 0 saturated carbocycles. The minimum absolute atomic E-state index is 0.197. The molecule has 7 heteroatoms. The zero-order valence-corrected chi connectivity index (χ0v) is 14.0. The first-order valence-corrected chi connectivity index (χ1v) is 8.86. The van der Waals surface area contributed by atoms with Gasteiger partial charge in [-0.1, -0.05) is 6.92 Å². The number of urea groups is 1. The highest BCUT2D eigenvalue weighted by Gasteiger charge is 2.27. The van der Waals surface area contributed by atoms with Gasteiger partial charge in [-0.3, -0.25) is 0 Å². The lowest BCUT2D eigenvalue weighted by Crippen LogP contribution is -2.52. The van der Waals surface area contributed by atoms with Crippen molar-refractivity contribution in [2.75, 3.05) is 38.7 Å². The number of carbonyl (C=O) groups excluding carboxylic acids is 1. The van der Waals surface area contributed by atoms with Gasteiger partial charge < -0.3 is 20.2 Å². The van der Waals surface area contributed by atoms with Crippen LogP contribution in [0.2, 0.25) is 0 Å². The third kappa shape index (κ3) is 5.74. The maximum Gasteiger partial charge on any atom is 0.326 e. The molecular formula is C14H27N3O3S.